The minimum Gasteiger partial charge on any atom is -0.505 e. The van der Waals surface area contributed by atoms with E-state index in [0.29, 0.717) is 23.3 Å². The molecular formula is C26H25N3O3. The minimum atomic E-state index is -0.379. The Bertz CT molecular complexity index is 1210. The van der Waals surface area contributed by atoms with Crippen molar-refractivity contribution in [1.82, 2.24) is 9.97 Å². The number of nitrogens with one attached hydrogen (secondary N) is 1. The lowest BCUT2D eigenvalue weighted by Gasteiger charge is -2.22. The van der Waals surface area contributed by atoms with Gasteiger partial charge >= 0.3 is 5.97 Å². The fourth-order valence-electron chi connectivity index (χ4n) is 3.57. The van der Waals surface area contributed by atoms with E-state index in [9.17, 15) is 9.90 Å². The molecule has 0 aliphatic heterocycles. The molecule has 2 aromatic carbocycles. The Kier molecular flexibility index (Phi) is 6.60. The number of unbranched alkanes of at least 4 members (excludes halogenated alkanes) is 1. The van der Waals surface area contributed by atoms with Gasteiger partial charge in [-0.25, -0.2) is 4.79 Å². The molecule has 0 radical (unpaired) electrons. The van der Waals surface area contributed by atoms with E-state index >= 15 is 0 Å². The molecule has 0 spiro atoms. The molecule has 4 rings (SSSR count). The largest absolute Gasteiger partial charge is 0.505 e. The molecule has 6 nitrogen and oxygen atoms in total. The summed E-state index contributed by atoms with van der Waals surface area (Å²) in [6.07, 6.45) is 6.88. The number of benzene rings is 2. The number of phenolic OH excluding ortho intramolecular Hbond substituents is 1. The number of ether oxygens (including phenoxy) is 1. The van der Waals surface area contributed by atoms with E-state index in [1.54, 1.807) is 30.7 Å². The molecule has 1 unspecified atom stereocenters. The first-order valence-corrected chi connectivity index (χ1v) is 10.7. The van der Waals surface area contributed by atoms with Crippen molar-refractivity contribution in [2.75, 3.05) is 11.9 Å². The maximum Gasteiger partial charge on any atom is 0.338 e. The number of esters is 1. The molecule has 2 N–H and O–H groups in total. The number of pyridine rings is 2. The van der Waals surface area contributed by atoms with Gasteiger partial charge in [0.05, 0.1) is 18.2 Å². The van der Waals surface area contributed by atoms with Crippen LogP contribution in [0.3, 0.4) is 0 Å². The molecule has 4 aromatic rings. The second-order valence-electron chi connectivity index (χ2n) is 7.51. The van der Waals surface area contributed by atoms with E-state index in [-0.39, 0.29) is 17.8 Å². The number of fused-ring (bicyclic) bond motifs is 1. The van der Waals surface area contributed by atoms with Gasteiger partial charge in [0.1, 0.15) is 11.3 Å². The van der Waals surface area contributed by atoms with Crippen LogP contribution in [0.2, 0.25) is 0 Å². The van der Waals surface area contributed by atoms with Crippen LogP contribution in [0.25, 0.3) is 10.9 Å². The van der Waals surface area contributed by atoms with Gasteiger partial charge in [0.15, 0.2) is 0 Å². The lowest BCUT2D eigenvalue weighted by atomic mass is 9.96. The van der Waals surface area contributed by atoms with Gasteiger partial charge in [0.25, 0.3) is 0 Å². The van der Waals surface area contributed by atoms with Gasteiger partial charge in [-0.3, -0.25) is 9.97 Å². The molecule has 0 bridgehead atoms. The smallest absolute Gasteiger partial charge is 0.338 e. The van der Waals surface area contributed by atoms with Crippen molar-refractivity contribution < 1.29 is 14.6 Å². The van der Waals surface area contributed by atoms with Crippen molar-refractivity contribution >= 4 is 22.6 Å². The van der Waals surface area contributed by atoms with E-state index in [4.69, 9.17) is 4.74 Å². The Balaban J connectivity index is 1.69. The highest BCUT2D eigenvalue weighted by Crippen LogP contribution is 2.36. The zero-order valence-electron chi connectivity index (χ0n) is 17.9. The molecule has 32 heavy (non-hydrogen) atoms. The van der Waals surface area contributed by atoms with Crippen LogP contribution in [0, 0.1) is 0 Å². The summed E-state index contributed by atoms with van der Waals surface area (Å²) < 4.78 is 5.34. The number of carbonyl (C=O) groups excluding carboxylic acids is 1. The number of anilines is 1. The molecule has 2 heterocycles. The van der Waals surface area contributed by atoms with Crippen molar-refractivity contribution in [2.45, 2.75) is 25.8 Å². The van der Waals surface area contributed by atoms with Gasteiger partial charge in [-0.2, -0.15) is 0 Å². The van der Waals surface area contributed by atoms with Gasteiger partial charge in [-0.1, -0.05) is 37.6 Å². The quantitative estimate of drug-likeness (QED) is 0.286. The van der Waals surface area contributed by atoms with Crippen molar-refractivity contribution in [3.05, 3.63) is 95.9 Å². The molecule has 1 atom stereocenters. The molecule has 0 amide bonds. The molecular weight excluding hydrogens is 402 g/mol. The predicted octanol–water partition coefficient (Wildman–Crippen LogP) is 5.49. The summed E-state index contributed by atoms with van der Waals surface area (Å²) in [6, 6.07) is 18.2. The monoisotopic (exact) mass is 427 g/mol. The van der Waals surface area contributed by atoms with Crippen molar-refractivity contribution in [3.8, 4) is 5.75 Å². The van der Waals surface area contributed by atoms with E-state index in [1.165, 1.54) is 0 Å². The van der Waals surface area contributed by atoms with Crippen molar-refractivity contribution in [1.29, 1.82) is 0 Å². The first kappa shape index (κ1) is 21.3. The SMILES string of the molecule is CCCCOC(=O)c1cccc(NC(c2ccncc2)c2ccc3cccnc3c2O)c1. The minimum absolute atomic E-state index is 0.118. The van der Waals surface area contributed by atoms with Gasteiger partial charge in [0, 0.05) is 35.2 Å². The van der Waals surface area contributed by atoms with E-state index in [1.807, 2.05) is 48.5 Å². The zero-order chi connectivity index (χ0) is 22.3. The average Bonchev–Trinajstić information content (AvgIpc) is 2.84. The van der Waals surface area contributed by atoms with E-state index < -0.39 is 0 Å². The summed E-state index contributed by atoms with van der Waals surface area (Å²) in [5.41, 5.74) is 3.35. The van der Waals surface area contributed by atoms with Crippen LogP contribution in [-0.2, 0) is 4.74 Å². The molecule has 0 aliphatic carbocycles. The number of phenols is 1. The van der Waals surface area contributed by atoms with Gasteiger partial charge < -0.3 is 15.2 Å². The first-order valence-electron chi connectivity index (χ1n) is 10.7. The Morgan fingerprint density at radius 1 is 1.06 bits per heavy atom. The molecule has 0 aliphatic rings. The average molecular weight is 428 g/mol. The van der Waals surface area contributed by atoms with Gasteiger partial charge in [-0.15, -0.1) is 0 Å². The lowest BCUT2D eigenvalue weighted by Crippen LogP contribution is -2.14. The van der Waals surface area contributed by atoms with Crippen molar-refractivity contribution in [3.63, 3.8) is 0 Å². The van der Waals surface area contributed by atoms with Crippen LogP contribution in [0.4, 0.5) is 5.69 Å². The number of nitrogens with zero attached hydrogens (tertiary/aromatic N) is 2. The third-order valence-corrected chi connectivity index (χ3v) is 5.27. The molecule has 162 valence electrons. The third-order valence-electron chi connectivity index (χ3n) is 5.27. The Morgan fingerprint density at radius 2 is 1.91 bits per heavy atom. The molecule has 0 saturated heterocycles. The lowest BCUT2D eigenvalue weighted by molar-refractivity contribution is 0.0500. The highest BCUT2D eigenvalue weighted by molar-refractivity contribution is 5.90. The van der Waals surface area contributed by atoms with E-state index in [2.05, 4.69) is 22.2 Å². The number of hydrogen-bond acceptors (Lipinski definition) is 6. The maximum atomic E-state index is 12.4. The fraction of sp³-hybridized carbons (Fsp3) is 0.192. The molecule has 0 fully saturated rings. The molecule has 6 heteroatoms. The van der Waals surface area contributed by atoms with Crippen molar-refractivity contribution in [2.24, 2.45) is 0 Å². The number of aromatic hydroxyl groups is 1. The summed E-state index contributed by atoms with van der Waals surface area (Å²) >= 11 is 0. The third kappa shape index (κ3) is 4.70. The number of hydrogen-bond donors (Lipinski definition) is 2. The van der Waals surface area contributed by atoms with Crippen LogP contribution in [-0.4, -0.2) is 27.7 Å². The summed E-state index contributed by atoms with van der Waals surface area (Å²) in [5, 5.41) is 15.3. The summed E-state index contributed by atoms with van der Waals surface area (Å²) in [6.45, 7) is 2.46. The van der Waals surface area contributed by atoms with E-state index in [0.717, 1.165) is 29.5 Å². The second kappa shape index (κ2) is 9.92. The highest BCUT2D eigenvalue weighted by atomic mass is 16.5. The topological polar surface area (TPSA) is 84.3 Å². The Morgan fingerprint density at radius 3 is 2.72 bits per heavy atom. The fourth-order valence-corrected chi connectivity index (χ4v) is 3.57. The second-order valence-corrected chi connectivity index (χ2v) is 7.51. The Hall–Kier alpha value is -3.93. The number of rotatable bonds is 8. The van der Waals surface area contributed by atoms with Crippen LogP contribution < -0.4 is 5.32 Å². The normalized spacial score (nSPS) is 11.8. The summed E-state index contributed by atoms with van der Waals surface area (Å²) in [4.78, 5) is 20.8. The van der Waals surface area contributed by atoms with Crippen LogP contribution >= 0.6 is 0 Å². The Labute approximate surface area is 186 Å². The highest BCUT2D eigenvalue weighted by Gasteiger charge is 2.20. The van der Waals surface area contributed by atoms with Crippen LogP contribution in [0.1, 0.15) is 47.3 Å². The van der Waals surface area contributed by atoms with Gasteiger partial charge in [0.2, 0.25) is 0 Å². The maximum absolute atomic E-state index is 12.4. The van der Waals surface area contributed by atoms with Crippen LogP contribution in [0.15, 0.2) is 79.3 Å². The molecule has 0 saturated carbocycles. The predicted molar refractivity (Wildman–Crippen MR) is 125 cm³/mol. The summed E-state index contributed by atoms with van der Waals surface area (Å²) in [7, 11) is 0. The summed E-state index contributed by atoms with van der Waals surface area (Å²) in [5.74, 6) is -0.229. The molecule has 2 aromatic heterocycles. The van der Waals surface area contributed by atoms with Gasteiger partial charge in [-0.05, 0) is 48.4 Å². The van der Waals surface area contributed by atoms with Crippen LogP contribution in [0.5, 0.6) is 5.75 Å². The first-order chi connectivity index (χ1) is 15.7. The number of aromatic nitrogens is 2. The number of carbonyl (C=O) groups is 1. The standard InChI is InChI=1S/C26H25N3O3/c1-2-3-16-32-26(31)20-6-4-8-21(17-20)29-23(19-11-14-27-15-12-19)22-10-9-18-7-5-13-28-24(18)25(22)30/h4-15,17,23,29-30H,2-3,16H2,1H3. The zero-order valence-corrected chi connectivity index (χ0v) is 17.9.